The summed E-state index contributed by atoms with van der Waals surface area (Å²) in [7, 11) is 0.968. The van der Waals surface area contributed by atoms with Gasteiger partial charge in [0.15, 0.2) is 0 Å². The standard InChI is InChI=1S/C12H19BClN/c1-9(2)15(10(3)4)13-11-6-5-7-12(14)8-11/h5-10,13H,1-4H3. The zero-order chi connectivity index (χ0) is 11.4. The van der Waals surface area contributed by atoms with Crippen LogP contribution in [0.4, 0.5) is 0 Å². The van der Waals surface area contributed by atoms with Crippen LogP contribution in [0, 0.1) is 0 Å². The van der Waals surface area contributed by atoms with Gasteiger partial charge < -0.3 is 4.81 Å². The Labute approximate surface area is 98.7 Å². The maximum atomic E-state index is 5.97. The molecule has 1 aromatic carbocycles. The van der Waals surface area contributed by atoms with Gasteiger partial charge in [-0.25, -0.2) is 0 Å². The quantitative estimate of drug-likeness (QED) is 0.709. The summed E-state index contributed by atoms with van der Waals surface area (Å²) < 4.78 is 0. The molecule has 0 heterocycles. The Kier molecular flexibility index (Phi) is 4.68. The van der Waals surface area contributed by atoms with Crippen molar-refractivity contribution in [3.05, 3.63) is 29.3 Å². The van der Waals surface area contributed by atoms with Crippen LogP contribution in [-0.2, 0) is 0 Å². The topological polar surface area (TPSA) is 3.24 Å². The van der Waals surface area contributed by atoms with E-state index in [0.717, 1.165) is 12.4 Å². The van der Waals surface area contributed by atoms with Gasteiger partial charge >= 0.3 is 0 Å². The second-order valence-electron chi connectivity index (χ2n) is 4.49. The monoisotopic (exact) mass is 223 g/mol. The summed E-state index contributed by atoms with van der Waals surface area (Å²) in [5, 5.41) is 0.819. The lowest BCUT2D eigenvalue weighted by atomic mass is 9.78. The number of benzene rings is 1. The van der Waals surface area contributed by atoms with Gasteiger partial charge in [0, 0.05) is 5.02 Å². The van der Waals surface area contributed by atoms with Gasteiger partial charge in [0.25, 0.3) is 0 Å². The molecule has 0 aliphatic carbocycles. The first-order valence-corrected chi connectivity index (χ1v) is 5.88. The zero-order valence-electron chi connectivity index (χ0n) is 10.00. The maximum Gasteiger partial charge on any atom is 0.239 e. The van der Waals surface area contributed by atoms with Crippen LogP contribution in [0.15, 0.2) is 24.3 Å². The molecule has 1 rings (SSSR count). The third-order valence-corrected chi connectivity index (χ3v) is 2.82. The lowest BCUT2D eigenvalue weighted by Crippen LogP contribution is -2.45. The summed E-state index contributed by atoms with van der Waals surface area (Å²) in [5.74, 6) is 0. The molecule has 82 valence electrons. The molecule has 0 atom stereocenters. The molecule has 0 fully saturated rings. The number of rotatable bonds is 4. The Bertz CT molecular complexity index is 304. The van der Waals surface area contributed by atoms with Crippen molar-refractivity contribution in [2.45, 2.75) is 39.8 Å². The predicted octanol–water partition coefficient (Wildman–Crippen LogP) is 2.44. The predicted molar refractivity (Wildman–Crippen MR) is 70.3 cm³/mol. The third kappa shape index (κ3) is 3.88. The SMILES string of the molecule is CC(C)N(Bc1cccc(Cl)c1)C(C)C. The molecule has 0 bridgehead atoms. The van der Waals surface area contributed by atoms with Crippen molar-refractivity contribution in [1.29, 1.82) is 0 Å². The Hall–Kier alpha value is -0.465. The van der Waals surface area contributed by atoms with Crippen molar-refractivity contribution in [1.82, 2.24) is 4.81 Å². The fraction of sp³-hybridized carbons (Fsp3) is 0.500. The molecule has 0 amide bonds. The summed E-state index contributed by atoms with van der Waals surface area (Å²) >= 11 is 5.97. The molecule has 1 nitrogen and oxygen atoms in total. The average Bonchev–Trinajstić information content (AvgIpc) is 2.13. The first kappa shape index (κ1) is 12.6. The smallest absolute Gasteiger partial charge is 0.239 e. The van der Waals surface area contributed by atoms with E-state index in [-0.39, 0.29) is 0 Å². The van der Waals surface area contributed by atoms with E-state index in [9.17, 15) is 0 Å². The summed E-state index contributed by atoms with van der Waals surface area (Å²) in [4.78, 5) is 2.45. The molecular weight excluding hydrogens is 204 g/mol. The summed E-state index contributed by atoms with van der Waals surface area (Å²) in [6.45, 7) is 8.91. The molecule has 1 aromatic rings. The first-order valence-electron chi connectivity index (χ1n) is 5.51. The van der Waals surface area contributed by atoms with E-state index in [2.05, 4.69) is 38.6 Å². The van der Waals surface area contributed by atoms with Crippen molar-refractivity contribution >= 4 is 24.5 Å². The van der Waals surface area contributed by atoms with Crippen LogP contribution in [0.2, 0.25) is 5.02 Å². The van der Waals surface area contributed by atoms with Gasteiger partial charge in [-0.1, -0.05) is 56.9 Å². The van der Waals surface area contributed by atoms with Gasteiger partial charge in [-0.05, 0) is 24.2 Å². The first-order chi connectivity index (χ1) is 7.00. The number of hydrogen-bond donors (Lipinski definition) is 0. The van der Waals surface area contributed by atoms with E-state index in [0.29, 0.717) is 12.1 Å². The molecule has 0 N–H and O–H groups in total. The van der Waals surface area contributed by atoms with Gasteiger partial charge in [-0.2, -0.15) is 0 Å². The van der Waals surface area contributed by atoms with Crippen molar-refractivity contribution < 1.29 is 0 Å². The molecule has 0 radical (unpaired) electrons. The summed E-state index contributed by atoms with van der Waals surface area (Å²) in [5.41, 5.74) is 1.28. The van der Waals surface area contributed by atoms with E-state index in [1.54, 1.807) is 0 Å². The molecule has 0 spiro atoms. The number of halogens is 1. The summed E-state index contributed by atoms with van der Waals surface area (Å²) in [6, 6.07) is 9.22. The van der Waals surface area contributed by atoms with Crippen LogP contribution in [0.1, 0.15) is 27.7 Å². The lowest BCUT2D eigenvalue weighted by molar-refractivity contribution is 0.315. The molecule has 0 saturated heterocycles. The second-order valence-corrected chi connectivity index (χ2v) is 4.93. The van der Waals surface area contributed by atoms with Crippen molar-refractivity contribution in [2.24, 2.45) is 0 Å². The van der Waals surface area contributed by atoms with Crippen LogP contribution in [-0.4, -0.2) is 24.3 Å². The van der Waals surface area contributed by atoms with Crippen molar-refractivity contribution in [3.8, 4) is 0 Å². The van der Waals surface area contributed by atoms with E-state index in [1.165, 1.54) is 5.46 Å². The maximum absolute atomic E-state index is 5.97. The van der Waals surface area contributed by atoms with E-state index in [4.69, 9.17) is 11.6 Å². The minimum Gasteiger partial charge on any atom is -0.337 e. The van der Waals surface area contributed by atoms with Gasteiger partial charge in [0.1, 0.15) is 0 Å². The van der Waals surface area contributed by atoms with Gasteiger partial charge in [-0.15, -0.1) is 0 Å². The Balaban J connectivity index is 2.74. The van der Waals surface area contributed by atoms with E-state index >= 15 is 0 Å². The molecule has 0 aliphatic heterocycles. The van der Waals surface area contributed by atoms with Crippen molar-refractivity contribution in [3.63, 3.8) is 0 Å². The number of nitrogens with zero attached hydrogens (tertiary/aromatic N) is 1. The van der Waals surface area contributed by atoms with Gasteiger partial charge in [0.2, 0.25) is 7.41 Å². The van der Waals surface area contributed by atoms with Crippen LogP contribution in [0.25, 0.3) is 0 Å². The van der Waals surface area contributed by atoms with Crippen LogP contribution >= 0.6 is 11.6 Å². The molecule has 0 aliphatic rings. The molecule has 15 heavy (non-hydrogen) atoms. The second kappa shape index (κ2) is 5.57. The van der Waals surface area contributed by atoms with Crippen LogP contribution in [0.5, 0.6) is 0 Å². The van der Waals surface area contributed by atoms with Crippen LogP contribution < -0.4 is 5.46 Å². The highest BCUT2D eigenvalue weighted by Crippen LogP contribution is 2.06. The van der Waals surface area contributed by atoms with E-state index < -0.39 is 0 Å². The Morgan fingerprint density at radius 2 is 1.73 bits per heavy atom. The zero-order valence-corrected chi connectivity index (χ0v) is 10.8. The Morgan fingerprint density at radius 3 is 2.20 bits per heavy atom. The fourth-order valence-electron chi connectivity index (χ4n) is 1.81. The highest BCUT2D eigenvalue weighted by Gasteiger charge is 2.14. The lowest BCUT2D eigenvalue weighted by Gasteiger charge is -2.30. The van der Waals surface area contributed by atoms with Crippen molar-refractivity contribution in [2.75, 3.05) is 0 Å². The summed E-state index contributed by atoms with van der Waals surface area (Å²) in [6.07, 6.45) is 0. The minimum atomic E-state index is 0.559. The molecule has 0 unspecified atom stereocenters. The van der Waals surface area contributed by atoms with Gasteiger partial charge in [0.05, 0.1) is 0 Å². The largest absolute Gasteiger partial charge is 0.337 e. The number of hydrogen-bond acceptors (Lipinski definition) is 1. The molecule has 0 aromatic heterocycles. The highest BCUT2D eigenvalue weighted by atomic mass is 35.5. The van der Waals surface area contributed by atoms with E-state index in [1.807, 2.05) is 18.2 Å². The molecule has 3 heteroatoms. The van der Waals surface area contributed by atoms with Crippen LogP contribution in [0.3, 0.4) is 0 Å². The molecular formula is C12H19BClN. The normalized spacial score (nSPS) is 11.5. The molecule has 0 saturated carbocycles. The van der Waals surface area contributed by atoms with Gasteiger partial charge in [-0.3, -0.25) is 0 Å². The highest BCUT2D eigenvalue weighted by molar-refractivity contribution is 6.51. The average molecular weight is 224 g/mol. The third-order valence-electron chi connectivity index (χ3n) is 2.58. The fourth-order valence-corrected chi connectivity index (χ4v) is 2.02. The Morgan fingerprint density at radius 1 is 1.13 bits per heavy atom. The minimum absolute atomic E-state index is 0.559.